The van der Waals surface area contributed by atoms with Gasteiger partial charge in [-0.15, -0.1) is 0 Å². The van der Waals surface area contributed by atoms with E-state index in [0.717, 1.165) is 0 Å². The van der Waals surface area contributed by atoms with Gasteiger partial charge in [0.2, 0.25) is 5.91 Å². The molecule has 5 heteroatoms. The molecule has 16 heavy (non-hydrogen) atoms. The zero-order valence-corrected chi connectivity index (χ0v) is 10.5. The van der Waals surface area contributed by atoms with Crippen molar-refractivity contribution in [2.75, 3.05) is 6.54 Å². The summed E-state index contributed by atoms with van der Waals surface area (Å²) in [7, 11) is 0. The molecule has 0 fully saturated rings. The first-order valence-electron chi connectivity index (χ1n) is 5.01. The van der Waals surface area contributed by atoms with Crippen molar-refractivity contribution in [2.45, 2.75) is 19.4 Å². The molecule has 0 aliphatic heterocycles. The molecule has 1 unspecified atom stereocenters. The quantitative estimate of drug-likeness (QED) is 0.814. The van der Waals surface area contributed by atoms with Crippen LogP contribution >= 0.6 is 15.9 Å². The molecule has 0 spiro atoms. The van der Waals surface area contributed by atoms with Crippen molar-refractivity contribution in [1.29, 1.82) is 0 Å². The highest BCUT2D eigenvalue weighted by Gasteiger charge is 2.02. The van der Waals surface area contributed by atoms with Crippen LogP contribution in [0.5, 0.6) is 0 Å². The van der Waals surface area contributed by atoms with Gasteiger partial charge >= 0.3 is 0 Å². The maximum atomic E-state index is 11.3. The molecular formula is C11H14BrNO3. The van der Waals surface area contributed by atoms with Crippen molar-refractivity contribution in [3.8, 4) is 0 Å². The number of halogens is 1. The largest absolute Gasteiger partial charge is 0.450 e. The smallest absolute Gasteiger partial charge is 0.244 e. The second-order valence-electron chi connectivity index (χ2n) is 3.28. The number of hydrogen-bond donors (Lipinski definition) is 2. The van der Waals surface area contributed by atoms with Crippen LogP contribution < -0.4 is 5.32 Å². The van der Waals surface area contributed by atoms with Crippen molar-refractivity contribution in [3.05, 3.63) is 28.6 Å². The molecule has 0 radical (unpaired) electrons. The zero-order valence-electron chi connectivity index (χ0n) is 8.94. The van der Waals surface area contributed by atoms with Crippen molar-refractivity contribution < 1.29 is 14.3 Å². The van der Waals surface area contributed by atoms with Crippen LogP contribution in [0.3, 0.4) is 0 Å². The fourth-order valence-electron chi connectivity index (χ4n) is 0.997. The van der Waals surface area contributed by atoms with Crippen LogP contribution in [0.25, 0.3) is 6.08 Å². The van der Waals surface area contributed by atoms with E-state index in [1.807, 2.05) is 6.92 Å². The maximum absolute atomic E-state index is 11.3. The molecule has 1 amide bonds. The Hall–Kier alpha value is -1.07. The summed E-state index contributed by atoms with van der Waals surface area (Å²) in [4.78, 5) is 11.3. The lowest BCUT2D eigenvalue weighted by Crippen LogP contribution is -2.30. The molecule has 1 atom stereocenters. The summed E-state index contributed by atoms with van der Waals surface area (Å²) in [6, 6.07) is 3.49. The summed E-state index contributed by atoms with van der Waals surface area (Å²) in [5.41, 5.74) is 0. The minimum Gasteiger partial charge on any atom is -0.450 e. The zero-order chi connectivity index (χ0) is 12.0. The number of amides is 1. The van der Waals surface area contributed by atoms with Crippen molar-refractivity contribution in [2.24, 2.45) is 0 Å². The number of aliphatic hydroxyl groups excluding tert-OH is 1. The highest BCUT2D eigenvalue weighted by Crippen LogP contribution is 2.14. The molecular weight excluding hydrogens is 274 g/mol. The van der Waals surface area contributed by atoms with Gasteiger partial charge in [0.25, 0.3) is 0 Å². The van der Waals surface area contributed by atoms with Crippen LogP contribution in [-0.2, 0) is 4.79 Å². The second-order valence-corrected chi connectivity index (χ2v) is 4.06. The highest BCUT2D eigenvalue weighted by molar-refractivity contribution is 9.10. The van der Waals surface area contributed by atoms with Gasteiger partial charge in [-0.3, -0.25) is 4.79 Å². The van der Waals surface area contributed by atoms with Gasteiger partial charge in [-0.2, -0.15) is 0 Å². The lowest BCUT2D eigenvalue weighted by molar-refractivity contribution is -0.116. The molecule has 0 saturated carbocycles. The average molecular weight is 288 g/mol. The van der Waals surface area contributed by atoms with Crippen LogP contribution in [-0.4, -0.2) is 23.7 Å². The Labute approximate surface area is 102 Å². The van der Waals surface area contributed by atoms with E-state index >= 15 is 0 Å². The van der Waals surface area contributed by atoms with E-state index in [1.54, 1.807) is 18.2 Å². The molecule has 4 nitrogen and oxygen atoms in total. The minimum atomic E-state index is -0.491. The molecule has 0 saturated heterocycles. The first-order chi connectivity index (χ1) is 7.61. The van der Waals surface area contributed by atoms with Crippen molar-refractivity contribution in [1.82, 2.24) is 5.32 Å². The summed E-state index contributed by atoms with van der Waals surface area (Å²) in [6.45, 7) is 2.12. The van der Waals surface area contributed by atoms with Gasteiger partial charge in [0.1, 0.15) is 5.76 Å². The third-order valence-electron chi connectivity index (χ3n) is 1.98. The molecule has 1 rings (SSSR count). The lowest BCUT2D eigenvalue weighted by Gasteiger charge is -2.06. The minimum absolute atomic E-state index is 0.250. The van der Waals surface area contributed by atoms with Crippen molar-refractivity contribution >= 4 is 27.9 Å². The van der Waals surface area contributed by atoms with Gasteiger partial charge in [0.05, 0.1) is 6.10 Å². The Morgan fingerprint density at radius 2 is 2.44 bits per heavy atom. The fourth-order valence-corrected chi connectivity index (χ4v) is 1.32. The first kappa shape index (κ1) is 13.0. The van der Waals surface area contributed by atoms with Crippen LogP contribution in [0.15, 0.2) is 27.3 Å². The van der Waals surface area contributed by atoms with E-state index in [1.165, 1.54) is 6.08 Å². The van der Waals surface area contributed by atoms with E-state index in [0.29, 0.717) is 16.9 Å². The molecule has 0 aromatic carbocycles. The van der Waals surface area contributed by atoms with Crippen molar-refractivity contribution in [3.63, 3.8) is 0 Å². The SMILES string of the molecule is CCC(O)CNC(=O)/C=C/c1ccc(Br)o1. The monoisotopic (exact) mass is 287 g/mol. The van der Waals surface area contributed by atoms with Gasteiger partial charge in [0.15, 0.2) is 4.67 Å². The number of carbonyl (C=O) groups is 1. The number of furan rings is 1. The molecule has 0 bridgehead atoms. The third kappa shape index (κ3) is 4.63. The standard InChI is InChI=1S/C11H14BrNO3/c1-2-8(14)7-13-11(15)6-4-9-3-5-10(12)16-9/h3-6,8,14H,2,7H2,1H3,(H,13,15)/b6-4+. The van der Waals surface area contributed by atoms with Crippen LogP contribution in [0.2, 0.25) is 0 Å². The molecule has 0 aliphatic rings. The number of aliphatic hydroxyl groups is 1. The number of nitrogens with one attached hydrogen (secondary N) is 1. The fraction of sp³-hybridized carbons (Fsp3) is 0.364. The van der Waals surface area contributed by atoms with Gasteiger partial charge in [0, 0.05) is 12.6 Å². The summed E-state index contributed by atoms with van der Waals surface area (Å²) < 4.78 is 5.80. The Morgan fingerprint density at radius 1 is 1.69 bits per heavy atom. The molecule has 88 valence electrons. The molecule has 1 heterocycles. The summed E-state index contributed by atoms with van der Waals surface area (Å²) >= 11 is 3.16. The van der Waals surface area contributed by atoms with Crippen LogP contribution in [0.1, 0.15) is 19.1 Å². The summed E-state index contributed by atoms with van der Waals surface area (Å²) in [6.07, 6.45) is 3.07. The van der Waals surface area contributed by atoms with E-state index in [-0.39, 0.29) is 12.5 Å². The van der Waals surface area contributed by atoms with Gasteiger partial charge < -0.3 is 14.8 Å². The van der Waals surface area contributed by atoms with E-state index in [2.05, 4.69) is 21.2 Å². The van der Waals surface area contributed by atoms with Crippen LogP contribution in [0.4, 0.5) is 0 Å². The van der Waals surface area contributed by atoms with Crippen LogP contribution in [0, 0.1) is 0 Å². The van der Waals surface area contributed by atoms with E-state index in [4.69, 9.17) is 4.42 Å². The van der Waals surface area contributed by atoms with Gasteiger partial charge in [-0.25, -0.2) is 0 Å². The summed E-state index contributed by atoms with van der Waals surface area (Å²) in [5, 5.41) is 11.8. The topological polar surface area (TPSA) is 62.5 Å². The van der Waals surface area contributed by atoms with E-state index < -0.39 is 6.10 Å². The molecule has 2 N–H and O–H groups in total. The Bertz CT molecular complexity index is 373. The van der Waals surface area contributed by atoms with Gasteiger partial charge in [-0.05, 0) is 40.6 Å². The number of carbonyl (C=O) groups excluding carboxylic acids is 1. The predicted octanol–water partition coefficient (Wildman–Crippen LogP) is 1.94. The Kier molecular flexibility index (Phi) is 5.28. The Morgan fingerprint density at radius 3 is 3.00 bits per heavy atom. The number of rotatable bonds is 5. The predicted molar refractivity (Wildman–Crippen MR) is 64.7 cm³/mol. The average Bonchev–Trinajstić information content (AvgIpc) is 2.69. The second kappa shape index (κ2) is 6.50. The number of hydrogen-bond acceptors (Lipinski definition) is 3. The lowest BCUT2D eigenvalue weighted by atomic mass is 10.3. The maximum Gasteiger partial charge on any atom is 0.244 e. The first-order valence-corrected chi connectivity index (χ1v) is 5.80. The highest BCUT2D eigenvalue weighted by atomic mass is 79.9. The summed E-state index contributed by atoms with van der Waals surface area (Å²) in [5.74, 6) is 0.345. The van der Waals surface area contributed by atoms with Gasteiger partial charge in [-0.1, -0.05) is 6.92 Å². The van der Waals surface area contributed by atoms with E-state index in [9.17, 15) is 9.90 Å². The molecule has 0 aliphatic carbocycles. The third-order valence-corrected chi connectivity index (χ3v) is 2.40. The Balaban J connectivity index is 2.36. The molecule has 1 aromatic heterocycles. The molecule has 1 aromatic rings. The normalized spacial score (nSPS) is 12.9.